The van der Waals surface area contributed by atoms with Gasteiger partial charge in [0.2, 0.25) is 0 Å². The van der Waals surface area contributed by atoms with Crippen LogP contribution in [0.25, 0.3) is 10.8 Å². The standard InChI is InChI=1S/C30H26N4O2S2/c35-28-24-13-7-12-23-26(15-14-25(27(23)24)29(36)34(28)31-22-10-5-2-6-11-22)32-16-18-33(19-17-32)30(37)38-20-21-8-3-1-4-9-21/h1-15,31H,16-20H2. The fourth-order valence-electron chi connectivity index (χ4n) is 5.04. The van der Waals surface area contributed by atoms with Crippen LogP contribution in [0.3, 0.4) is 0 Å². The summed E-state index contributed by atoms with van der Waals surface area (Å²) in [6.45, 7) is 3.29. The number of thiocarbonyl (C=S) groups is 1. The molecule has 190 valence electrons. The molecule has 2 aliphatic rings. The Morgan fingerprint density at radius 3 is 2.13 bits per heavy atom. The van der Waals surface area contributed by atoms with Crippen LogP contribution >= 0.6 is 24.0 Å². The maximum absolute atomic E-state index is 13.4. The number of hydrogen-bond donors (Lipinski definition) is 1. The normalized spacial score (nSPS) is 15.2. The number of piperazine rings is 1. The maximum atomic E-state index is 13.4. The van der Waals surface area contributed by atoms with Gasteiger partial charge in [-0.2, -0.15) is 5.01 Å². The second-order valence-corrected chi connectivity index (χ2v) is 10.9. The minimum atomic E-state index is -0.347. The first-order valence-corrected chi connectivity index (χ1v) is 14.0. The Bertz CT molecular complexity index is 1500. The third kappa shape index (κ3) is 4.61. The van der Waals surface area contributed by atoms with Gasteiger partial charge in [0.15, 0.2) is 0 Å². The van der Waals surface area contributed by atoms with Crippen LogP contribution in [-0.4, -0.2) is 52.2 Å². The van der Waals surface area contributed by atoms with Crippen molar-refractivity contribution in [3.8, 4) is 0 Å². The molecule has 1 N–H and O–H groups in total. The smallest absolute Gasteiger partial charge is 0.280 e. The van der Waals surface area contributed by atoms with Gasteiger partial charge in [-0.05, 0) is 35.9 Å². The molecular formula is C30H26N4O2S2. The lowest BCUT2D eigenvalue weighted by molar-refractivity contribution is 0.0649. The molecule has 0 radical (unpaired) electrons. The van der Waals surface area contributed by atoms with Crippen LogP contribution in [-0.2, 0) is 5.75 Å². The molecule has 0 saturated carbocycles. The number of para-hydroxylation sites is 1. The third-order valence-corrected chi connectivity index (χ3v) is 8.58. The fourth-order valence-corrected chi connectivity index (χ4v) is 6.25. The van der Waals surface area contributed by atoms with Crippen LogP contribution < -0.4 is 10.3 Å². The predicted octanol–water partition coefficient (Wildman–Crippen LogP) is 5.80. The quantitative estimate of drug-likeness (QED) is 0.254. The Morgan fingerprint density at radius 1 is 0.763 bits per heavy atom. The number of rotatable bonds is 5. The minimum Gasteiger partial charge on any atom is -0.367 e. The molecule has 0 aromatic heterocycles. The van der Waals surface area contributed by atoms with Gasteiger partial charge >= 0.3 is 0 Å². The zero-order chi connectivity index (χ0) is 26.1. The van der Waals surface area contributed by atoms with Crippen molar-refractivity contribution in [2.45, 2.75) is 5.75 Å². The molecule has 2 heterocycles. The number of hydrazine groups is 1. The van der Waals surface area contributed by atoms with Crippen molar-refractivity contribution in [2.24, 2.45) is 0 Å². The topological polar surface area (TPSA) is 55.9 Å². The van der Waals surface area contributed by atoms with Gasteiger partial charge in [0.1, 0.15) is 4.32 Å². The van der Waals surface area contributed by atoms with Crippen LogP contribution in [0, 0.1) is 0 Å². The number of imide groups is 1. The van der Waals surface area contributed by atoms with Crippen LogP contribution in [0.2, 0.25) is 0 Å². The van der Waals surface area contributed by atoms with Gasteiger partial charge in [-0.1, -0.05) is 84.6 Å². The summed E-state index contributed by atoms with van der Waals surface area (Å²) in [7, 11) is 0. The van der Waals surface area contributed by atoms with Gasteiger partial charge < -0.3 is 9.80 Å². The van der Waals surface area contributed by atoms with E-state index in [1.807, 2.05) is 60.7 Å². The molecular weight excluding hydrogens is 512 g/mol. The summed E-state index contributed by atoms with van der Waals surface area (Å²) in [5.74, 6) is 0.173. The first-order valence-electron chi connectivity index (χ1n) is 12.6. The zero-order valence-corrected chi connectivity index (χ0v) is 22.3. The molecule has 4 aromatic rings. The summed E-state index contributed by atoms with van der Waals surface area (Å²) in [5.41, 5.74) is 7.02. The molecule has 0 unspecified atom stereocenters. The van der Waals surface area contributed by atoms with E-state index in [1.54, 1.807) is 17.8 Å². The number of thioether (sulfide) groups is 1. The molecule has 6 nitrogen and oxygen atoms in total. The predicted molar refractivity (Wildman–Crippen MR) is 159 cm³/mol. The molecule has 1 fully saturated rings. The van der Waals surface area contributed by atoms with Crippen molar-refractivity contribution < 1.29 is 9.59 Å². The van der Waals surface area contributed by atoms with Crippen LogP contribution in [0.5, 0.6) is 0 Å². The first-order chi connectivity index (χ1) is 18.6. The zero-order valence-electron chi connectivity index (χ0n) is 20.7. The molecule has 2 amide bonds. The van der Waals surface area contributed by atoms with E-state index < -0.39 is 0 Å². The average molecular weight is 539 g/mol. The highest BCUT2D eigenvalue weighted by Gasteiger charge is 2.34. The summed E-state index contributed by atoms with van der Waals surface area (Å²) in [6, 6.07) is 29.2. The number of carbonyl (C=O) groups excluding carboxylic acids is 2. The second kappa shape index (κ2) is 10.5. The van der Waals surface area contributed by atoms with Crippen molar-refractivity contribution in [1.82, 2.24) is 9.91 Å². The molecule has 6 rings (SSSR count). The van der Waals surface area contributed by atoms with Gasteiger partial charge in [0, 0.05) is 48.4 Å². The molecule has 8 heteroatoms. The molecule has 38 heavy (non-hydrogen) atoms. The van der Waals surface area contributed by atoms with E-state index >= 15 is 0 Å². The maximum Gasteiger partial charge on any atom is 0.280 e. The highest BCUT2D eigenvalue weighted by atomic mass is 32.2. The fraction of sp³-hybridized carbons (Fsp3) is 0.167. The van der Waals surface area contributed by atoms with Crippen molar-refractivity contribution in [3.63, 3.8) is 0 Å². The largest absolute Gasteiger partial charge is 0.367 e. The van der Waals surface area contributed by atoms with E-state index in [0.29, 0.717) is 16.8 Å². The Hall–Kier alpha value is -3.88. The number of nitrogens with zero attached hydrogens (tertiary/aromatic N) is 3. The van der Waals surface area contributed by atoms with Gasteiger partial charge in [-0.15, -0.1) is 0 Å². The van der Waals surface area contributed by atoms with E-state index in [0.717, 1.165) is 57.7 Å². The van der Waals surface area contributed by atoms with Crippen LogP contribution in [0.15, 0.2) is 91.0 Å². The van der Waals surface area contributed by atoms with E-state index in [2.05, 4.69) is 39.5 Å². The lowest BCUT2D eigenvalue weighted by atomic mass is 9.93. The average Bonchev–Trinajstić information content (AvgIpc) is 2.97. The molecule has 0 atom stereocenters. The highest BCUT2D eigenvalue weighted by Crippen LogP contribution is 2.36. The number of carbonyl (C=O) groups is 2. The summed E-state index contributed by atoms with van der Waals surface area (Å²) < 4.78 is 0.924. The van der Waals surface area contributed by atoms with Crippen molar-refractivity contribution in [3.05, 3.63) is 108 Å². The number of benzene rings is 4. The summed E-state index contributed by atoms with van der Waals surface area (Å²) in [5, 5.41) is 2.76. The summed E-state index contributed by atoms with van der Waals surface area (Å²) in [6.07, 6.45) is 0. The highest BCUT2D eigenvalue weighted by molar-refractivity contribution is 8.22. The number of hydrogen-bond acceptors (Lipinski definition) is 6. The molecule has 0 aliphatic carbocycles. The summed E-state index contributed by atoms with van der Waals surface area (Å²) in [4.78, 5) is 31.4. The van der Waals surface area contributed by atoms with E-state index in [9.17, 15) is 9.59 Å². The Balaban J connectivity index is 1.20. The van der Waals surface area contributed by atoms with Crippen LogP contribution in [0.1, 0.15) is 26.3 Å². The summed E-state index contributed by atoms with van der Waals surface area (Å²) >= 11 is 7.44. The van der Waals surface area contributed by atoms with E-state index in [4.69, 9.17) is 12.2 Å². The van der Waals surface area contributed by atoms with Crippen molar-refractivity contribution in [2.75, 3.05) is 36.5 Å². The lowest BCUT2D eigenvalue weighted by Gasteiger charge is -2.38. The third-order valence-electron chi connectivity index (χ3n) is 6.98. The molecule has 0 bridgehead atoms. The first kappa shape index (κ1) is 24.5. The Morgan fingerprint density at radius 2 is 1.42 bits per heavy atom. The second-order valence-electron chi connectivity index (χ2n) is 9.30. The van der Waals surface area contributed by atoms with E-state index in [1.165, 1.54) is 5.56 Å². The van der Waals surface area contributed by atoms with Crippen molar-refractivity contribution in [1.29, 1.82) is 0 Å². The molecule has 4 aromatic carbocycles. The van der Waals surface area contributed by atoms with Gasteiger partial charge in [-0.25, -0.2) is 0 Å². The van der Waals surface area contributed by atoms with Crippen molar-refractivity contribution >= 4 is 62.3 Å². The number of nitrogens with one attached hydrogen (secondary N) is 1. The van der Waals surface area contributed by atoms with Gasteiger partial charge in [0.25, 0.3) is 11.8 Å². The number of anilines is 2. The van der Waals surface area contributed by atoms with Gasteiger partial charge in [0.05, 0.1) is 16.8 Å². The Labute approximate surface area is 231 Å². The Kier molecular flexibility index (Phi) is 6.74. The monoisotopic (exact) mass is 538 g/mol. The lowest BCUT2D eigenvalue weighted by Crippen LogP contribution is -2.48. The minimum absolute atomic E-state index is 0.347. The SMILES string of the molecule is O=C1c2cccc3c(N4CCN(C(=S)SCc5ccccc5)CC4)ccc(c23)C(=O)N1Nc1ccccc1. The number of amides is 2. The molecule has 0 spiro atoms. The van der Waals surface area contributed by atoms with Gasteiger partial charge in [-0.3, -0.25) is 15.0 Å². The van der Waals surface area contributed by atoms with E-state index in [-0.39, 0.29) is 11.8 Å². The molecule has 2 aliphatic heterocycles. The molecule has 1 saturated heterocycles. The van der Waals surface area contributed by atoms with Crippen LogP contribution in [0.4, 0.5) is 11.4 Å².